The van der Waals surface area contributed by atoms with E-state index in [9.17, 15) is 21.6 Å². The Balaban J connectivity index is 2.25. The van der Waals surface area contributed by atoms with Crippen LogP contribution in [0.25, 0.3) is 0 Å². The summed E-state index contributed by atoms with van der Waals surface area (Å²) in [6.07, 6.45) is -6.84. The zero-order valence-corrected chi connectivity index (χ0v) is 9.55. The molecular weight excluding hydrogens is 257 g/mol. The highest BCUT2D eigenvalue weighted by molar-refractivity contribution is 7.92. The molecule has 0 bridgehead atoms. The maximum Gasteiger partial charge on any atom is 0.418 e. The third-order valence-corrected chi connectivity index (χ3v) is 4.33. The Hall–Kier alpha value is -1.08. The molecule has 0 amide bonds. The minimum atomic E-state index is -4.64. The van der Waals surface area contributed by atoms with Gasteiger partial charge in [-0.2, -0.15) is 13.2 Å². The van der Waals surface area contributed by atoms with Gasteiger partial charge in [0.1, 0.15) is 0 Å². The van der Waals surface area contributed by atoms with Gasteiger partial charge in [0.05, 0.1) is 4.90 Å². The smallest absolute Gasteiger partial charge is 0.342 e. The molecule has 1 aliphatic heterocycles. The molecule has 2 unspecified atom stereocenters. The van der Waals surface area contributed by atoms with E-state index in [1.165, 1.54) is 24.3 Å². The first-order valence-electron chi connectivity index (χ1n) is 4.75. The summed E-state index contributed by atoms with van der Waals surface area (Å²) in [5.41, 5.74) is -0.974. The standard InChI is InChI=1S/C10H9F3O3S/c1-6-2-4-7(5-3-6)17(14,15)9-8(16-9)10(11,12)13/h2-5,8-9H,1H3. The molecule has 0 saturated carbocycles. The predicted octanol–water partition coefficient (Wildman–Crippen LogP) is 2.06. The number of sulfone groups is 1. The fourth-order valence-electron chi connectivity index (χ4n) is 1.43. The lowest BCUT2D eigenvalue weighted by Crippen LogP contribution is -2.23. The number of epoxide rings is 1. The summed E-state index contributed by atoms with van der Waals surface area (Å²) in [5.74, 6) is 0. The molecule has 0 spiro atoms. The second-order valence-corrected chi connectivity index (χ2v) is 5.85. The highest BCUT2D eigenvalue weighted by Crippen LogP contribution is 2.42. The number of hydrogen-bond acceptors (Lipinski definition) is 3. The van der Waals surface area contributed by atoms with Crippen LogP contribution in [0.3, 0.4) is 0 Å². The molecule has 0 N–H and O–H groups in total. The Bertz CT molecular complexity index is 519. The van der Waals surface area contributed by atoms with Crippen molar-refractivity contribution in [1.82, 2.24) is 0 Å². The largest absolute Gasteiger partial charge is 0.418 e. The van der Waals surface area contributed by atoms with E-state index in [1.807, 2.05) is 0 Å². The van der Waals surface area contributed by atoms with E-state index in [2.05, 4.69) is 4.74 Å². The Morgan fingerprint density at radius 2 is 1.71 bits per heavy atom. The van der Waals surface area contributed by atoms with E-state index >= 15 is 0 Å². The second kappa shape index (κ2) is 3.71. The van der Waals surface area contributed by atoms with Crippen molar-refractivity contribution >= 4 is 9.84 Å². The molecule has 7 heteroatoms. The predicted molar refractivity (Wildman–Crippen MR) is 53.1 cm³/mol. The SMILES string of the molecule is Cc1ccc(S(=O)(=O)C2OC2C(F)(F)F)cc1. The van der Waals surface area contributed by atoms with Gasteiger partial charge in [-0.3, -0.25) is 0 Å². The number of halogens is 3. The van der Waals surface area contributed by atoms with E-state index in [0.29, 0.717) is 0 Å². The van der Waals surface area contributed by atoms with Crippen LogP contribution >= 0.6 is 0 Å². The van der Waals surface area contributed by atoms with Crippen molar-refractivity contribution in [2.75, 3.05) is 0 Å². The van der Waals surface area contributed by atoms with Gasteiger partial charge in [0.25, 0.3) is 0 Å². The van der Waals surface area contributed by atoms with E-state index in [4.69, 9.17) is 0 Å². The minimum absolute atomic E-state index is 0.153. The van der Waals surface area contributed by atoms with E-state index < -0.39 is 27.6 Å². The summed E-state index contributed by atoms with van der Waals surface area (Å²) in [6.45, 7) is 1.75. The maximum atomic E-state index is 12.2. The average Bonchev–Trinajstić information content (AvgIpc) is 2.96. The first-order chi connectivity index (χ1) is 7.73. The average molecular weight is 266 g/mol. The van der Waals surface area contributed by atoms with Crippen molar-refractivity contribution in [3.63, 3.8) is 0 Å². The van der Waals surface area contributed by atoms with Crippen molar-refractivity contribution in [2.24, 2.45) is 0 Å². The van der Waals surface area contributed by atoms with E-state index in [0.717, 1.165) is 5.56 Å². The fraction of sp³-hybridized carbons (Fsp3) is 0.400. The van der Waals surface area contributed by atoms with Gasteiger partial charge in [-0.1, -0.05) is 17.7 Å². The van der Waals surface area contributed by atoms with Crippen molar-refractivity contribution in [3.05, 3.63) is 29.8 Å². The molecule has 1 aromatic rings. The number of hydrogen-bond donors (Lipinski definition) is 0. The Kier molecular flexibility index (Phi) is 2.70. The van der Waals surface area contributed by atoms with Crippen LogP contribution in [-0.2, 0) is 14.6 Å². The van der Waals surface area contributed by atoms with Crippen molar-refractivity contribution in [2.45, 2.75) is 29.5 Å². The van der Waals surface area contributed by atoms with Crippen LogP contribution in [-0.4, -0.2) is 26.1 Å². The topological polar surface area (TPSA) is 46.7 Å². The molecule has 1 aliphatic rings. The summed E-state index contributed by atoms with van der Waals surface area (Å²) in [5, 5.41) is 0. The van der Waals surface area contributed by atoms with Gasteiger partial charge in [-0.25, -0.2) is 8.42 Å². The third-order valence-electron chi connectivity index (χ3n) is 2.43. The molecule has 1 fully saturated rings. The van der Waals surface area contributed by atoms with Crippen LogP contribution in [0, 0.1) is 6.92 Å². The number of rotatable bonds is 2. The molecule has 3 nitrogen and oxygen atoms in total. The first-order valence-corrected chi connectivity index (χ1v) is 6.30. The van der Waals surface area contributed by atoms with Gasteiger partial charge in [0.15, 0.2) is 11.5 Å². The molecule has 17 heavy (non-hydrogen) atoms. The summed E-state index contributed by atoms with van der Waals surface area (Å²) in [7, 11) is -4.06. The normalized spacial score (nSPS) is 24.7. The summed E-state index contributed by atoms with van der Waals surface area (Å²) in [6, 6.07) is 5.61. The van der Waals surface area contributed by atoms with Gasteiger partial charge in [0, 0.05) is 0 Å². The van der Waals surface area contributed by atoms with E-state index in [1.54, 1.807) is 6.92 Å². The zero-order chi connectivity index (χ0) is 12.8. The molecule has 1 aromatic carbocycles. The van der Waals surface area contributed by atoms with Crippen molar-refractivity contribution < 1.29 is 26.3 Å². The molecule has 94 valence electrons. The lowest BCUT2D eigenvalue weighted by molar-refractivity contribution is -0.146. The number of benzene rings is 1. The molecule has 2 rings (SSSR count). The summed E-state index contributed by atoms with van der Waals surface area (Å²) in [4.78, 5) is -0.153. The molecular formula is C10H9F3O3S. The Morgan fingerprint density at radius 1 is 1.18 bits per heavy atom. The Morgan fingerprint density at radius 3 is 2.12 bits per heavy atom. The quantitative estimate of drug-likeness (QED) is 0.770. The van der Waals surface area contributed by atoms with Crippen LogP contribution in [0.15, 0.2) is 29.2 Å². The van der Waals surface area contributed by atoms with Gasteiger partial charge in [-0.15, -0.1) is 0 Å². The molecule has 0 aromatic heterocycles. The molecule has 1 heterocycles. The highest BCUT2D eigenvalue weighted by Gasteiger charge is 2.64. The summed E-state index contributed by atoms with van der Waals surface area (Å²) < 4.78 is 64.3. The molecule has 2 atom stereocenters. The number of ether oxygens (including phenoxy) is 1. The van der Waals surface area contributed by atoms with Gasteiger partial charge in [0.2, 0.25) is 9.84 Å². The van der Waals surface area contributed by atoms with E-state index in [-0.39, 0.29) is 4.90 Å². The van der Waals surface area contributed by atoms with Crippen LogP contribution < -0.4 is 0 Å². The van der Waals surface area contributed by atoms with Crippen LogP contribution in [0.4, 0.5) is 13.2 Å². The van der Waals surface area contributed by atoms with Gasteiger partial charge in [-0.05, 0) is 19.1 Å². The van der Waals surface area contributed by atoms with Crippen molar-refractivity contribution in [3.8, 4) is 0 Å². The monoisotopic (exact) mass is 266 g/mol. The van der Waals surface area contributed by atoms with Crippen LogP contribution in [0.2, 0.25) is 0 Å². The van der Waals surface area contributed by atoms with Crippen LogP contribution in [0.5, 0.6) is 0 Å². The van der Waals surface area contributed by atoms with Crippen LogP contribution in [0.1, 0.15) is 5.56 Å². The van der Waals surface area contributed by atoms with Gasteiger partial charge >= 0.3 is 6.18 Å². The maximum absolute atomic E-state index is 12.2. The Labute approximate surface area is 96.1 Å². The zero-order valence-electron chi connectivity index (χ0n) is 8.73. The second-order valence-electron chi connectivity index (χ2n) is 3.82. The third kappa shape index (κ3) is 2.30. The molecule has 0 aliphatic carbocycles. The van der Waals surface area contributed by atoms with Gasteiger partial charge < -0.3 is 4.74 Å². The minimum Gasteiger partial charge on any atom is -0.342 e. The fourth-order valence-corrected chi connectivity index (χ4v) is 2.96. The number of alkyl halides is 3. The molecule has 0 radical (unpaired) electrons. The van der Waals surface area contributed by atoms with Crippen molar-refractivity contribution in [1.29, 1.82) is 0 Å². The lowest BCUT2D eigenvalue weighted by atomic mass is 10.2. The molecule has 1 saturated heterocycles. The lowest BCUT2D eigenvalue weighted by Gasteiger charge is -2.03. The number of aryl methyl sites for hydroxylation is 1. The first kappa shape index (κ1) is 12.4. The summed E-state index contributed by atoms with van der Waals surface area (Å²) >= 11 is 0. The highest BCUT2D eigenvalue weighted by atomic mass is 32.2.